The molecule has 24 heavy (non-hydrogen) atoms. The Bertz CT molecular complexity index is 729. The lowest BCUT2D eigenvalue weighted by molar-refractivity contribution is 0.415. The highest BCUT2D eigenvalue weighted by atomic mass is 16.5. The summed E-state index contributed by atoms with van der Waals surface area (Å²) in [5.74, 6) is 2.15. The van der Waals surface area contributed by atoms with E-state index in [9.17, 15) is 0 Å². The van der Waals surface area contributed by atoms with E-state index in [1.165, 1.54) is 53.6 Å². The molecule has 3 heteroatoms. The van der Waals surface area contributed by atoms with Gasteiger partial charge >= 0.3 is 0 Å². The van der Waals surface area contributed by atoms with Crippen LogP contribution in [0.25, 0.3) is 10.9 Å². The molecule has 2 heterocycles. The minimum Gasteiger partial charge on any atom is -0.497 e. The van der Waals surface area contributed by atoms with Gasteiger partial charge in [-0.1, -0.05) is 20.3 Å². The van der Waals surface area contributed by atoms with Gasteiger partial charge in [0.05, 0.1) is 7.11 Å². The van der Waals surface area contributed by atoms with Gasteiger partial charge in [0.2, 0.25) is 0 Å². The average Bonchev–Trinajstić information content (AvgIpc) is 2.95. The Labute approximate surface area is 145 Å². The van der Waals surface area contributed by atoms with E-state index >= 15 is 0 Å². The van der Waals surface area contributed by atoms with Gasteiger partial charge in [0.15, 0.2) is 0 Å². The molecular weight excluding hydrogens is 296 g/mol. The van der Waals surface area contributed by atoms with Crippen molar-refractivity contribution in [1.82, 2.24) is 4.98 Å². The van der Waals surface area contributed by atoms with Gasteiger partial charge in [-0.3, -0.25) is 4.99 Å². The molecular formula is C21H30N2O. The lowest BCUT2D eigenvalue weighted by atomic mass is 9.91. The quantitative estimate of drug-likeness (QED) is 0.778. The number of nitrogens with one attached hydrogen (secondary N) is 1. The number of fused-ring (bicyclic) bond motifs is 3. The molecule has 0 amide bonds. The van der Waals surface area contributed by atoms with Gasteiger partial charge in [0.1, 0.15) is 5.75 Å². The Morgan fingerprint density at radius 3 is 2.88 bits per heavy atom. The molecule has 3 rings (SSSR count). The number of H-pyrrole nitrogens is 1. The van der Waals surface area contributed by atoms with Crippen LogP contribution in [0, 0.1) is 5.92 Å². The molecule has 2 atom stereocenters. The fourth-order valence-corrected chi connectivity index (χ4v) is 4.06. The molecule has 0 fully saturated rings. The van der Waals surface area contributed by atoms with Gasteiger partial charge in [0.25, 0.3) is 0 Å². The third-order valence-corrected chi connectivity index (χ3v) is 5.64. The fourth-order valence-electron chi connectivity index (χ4n) is 4.06. The molecule has 1 aliphatic heterocycles. The standard InChI is InChI=1S/C21H30N2O/c1-5-16-8-6-7-14(2)21-18(11-12-22-15(16)3)19-13-17(24-4)9-10-20(19)23-21/h9-10,13-14,16,23H,5-8,11-12H2,1-4H3. The maximum atomic E-state index is 5.43. The SMILES string of the molecule is CCC1CCCC(C)c2[nH]c3ccc(OC)cc3c2CCN=C1C. The van der Waals surface area contributed by atoms with Crippen LogP contribution in [0.4, 0.5) is 0 Å². The number of aromatic amines is 1. The van der Waals surface area contributed by atoms with Gasteiger partial charge in [-0.05, 0) is 68.2 Å². The topological polar surface area (TPSA) is 37.4 Å². The molecule has 0 bridgehead atoms. The lowest BCUT2D eigenvalue weighted by Crippen LogP contribution is -2.11. The Hall–Kier alpha value is -1.77. The van der Waals surface area contributed by atoms with Crippen molar-refractivity contribution in [3.8, 4) is 5.75 Å². The summed E-state index contributed by atoms with van der Waals surface area (Å²) in [6.45, 7) is 7.74. The van der Waals surface area contributed by atoms with Crippen LogP contribution < -0.4 is 4.74 Å². The van der Waals surface area contributed by atoms with Gasteiger partial charge < -0.3 is 9.72 Å². The number of benzene rings is 1. The second-order valence-electron chi connectivity index (χ2n) is 7.14. The predicted molar refractivity (Wildman–Crippen MR) is 103 cm³/mol. The summed E-state index contributed by atoms with van der Waals surface area (Å²) in [5.41, 5.74) is 5.40. The maximum absolute atomic E-state index is 5.43. The molecule has 0 saturated carbocycles. The number of aliphatic imine (C=N–C) groups is 1. The number of aromatic nitrogens is 1. The number of methoxy groups -OCH3 is 1. The number of ether oxygens (including phenoxy) is 1. The van der Waals surface area contributed by atoms with E-state index in [2.05, 4.69) is 37.9 Å². The zero-order chi connectivity index (χ0) is 17.1. The Morgan fingerprint density at radius 1 is 1.29 bits per heavy atom. The Balaban J connectivity index is 2.01. The first kappa shape index (κ1) is 17.1. The van der Waals surface area contributed by atoms with E-state index in [0.717, 1.165) is 18.7 Å². The zero-order valence-corrected chi connectivity index (χ0v) is 15.5. The van der Waals surface area contributed by atoms with Crippen molar-refractivity contribution in [2.24, 2.45) is 10.9 Å². The summed E-state index contributed by atoms with van der Waals surface area (Å²) >= 11 is 0. The van der Waals surface area contributed by atoms with E-state index in [-0.39, 0.29) is 0 Å². The molecule has 1 N–H and O–H groups in total. The van der Waals surface area contributed by atoms with Crippen LogP contribution in [-0.2, 0) is 6.42 Å². The van der Waals surface area contributed by atoms with Crippen molar-refractivity contribution in [2.45, 2.75) is 58.8 Å². The van der Waals surface area contributed by atoms with Gasteiger partial charge in [-0.25, -0.2) is 0 Å². The highest BCUT2D eigenvalue weighted by Crippen LogP contribution is 2.34. The second-order valence-corrected chi connectivity index (χ2v) is 7.14. The first-order valence-corrected chi connectivity index (χ1v) is 9.33. The van der Waals surface area contributed by atoms with Crippen molar-refractivity contribution in [1.29, 1.82) is 0 Å². The van der Waals surface area contributed by atoms with Gasteiger partial charge in [-0.15, -0.1) is 0 Å². The molecule has 1 aromatic carbocycles. The van der Waals surface area contributed by atoms with E-state index < -0.39 is 0 Å². The Morgan fingerprint density at radius 2 is 2.12 bits per heavy atom. The summed E-state index contributed by atoms with van der Waals surface area (Å²) in [6, 6.07) is 6.35. The molecule has 0 saturated heterocycles. The summed E-state index contributed by atoms with van der Waals surface area (Å²) in [5, 5.41) is 1.30. The molecule has 1 aliphatic rings. The van der Waals surface area contributed by atoms with Crippen LogP contribution >= 0.6 is 0 Å². The minimum absolute atomic E-state index is 0.564. The van der Waals surface area contributed by atoms with E-state index in [0.29, 0.717) is 11.8 Å². The molecule has 1 aromatic heterocycles. The first-order chi connectivity index (χ1) is 11.6. The van der Waals surface area contributed by atoms with Crippen LogP contribution in [0.2, 0.25) is 0 Å². The van der Waals surface area contributed by atoms with Crippen molar-refractivity contribution in [3.63, 3.8) is 0 Å². The number of hydrogen-bond acceptors (Lipinski definition) is 2. The fraction of sp³-hybridized carbons (Fsp3) is 0.571. The van der Waals surface area contributed by atoms with Crippen LogP contribution in [-0.4, -0.2) is 24.4 Å². The van der Waals surface area contributed by atoms with Crippen molar-refractivity contribution in [3.05, 3.63) is 29.5 Å². The minimum atomic E-state index is 0.564. The largest absolute Gasteiger partial charge is 0.497 e. The number of nitrogens with zero attached hydrogens (tertiary/aromatic N) is 1. The third kappa shape index (κ3) is 3.35. The summed E-state index contributed by atoms with van der Waals surface area (Å²) in [7, 11) is 1.73. The highest BCUT2D eigenvalue weighted by Gasteiger charge is 2.19. The van der Waals surface area contributed by atoms with Gasteiger partial charge in [0, 0.05) is 28.9 Å². The molecule has 0 spiro atoms. The first-order valence-electron chi connectivity index (χ1n) is 9.33. The third-order valence-electron chi connectivity index (χ3n) is 5.64. The molecule has 3 nitrogen and oxygen atoms in total. The normalized spacial score (nSPS) is 22.6. The van der Waals surface area contributed by atoms with Crippen LogP contribution in [0.3, 0.4) is 0 Å². The molecule has 2 unspecified atom stereocenters. The van der Waals surface area contributed by atoms with E-state index in [1.807, 2.05) is 6.07 Å². The zero-order valence-electron chi connectivity index (χ0n) is 15.5. The van der Waals surface area contributed by atoms with Gasteiger partial charge in [-0.2, -0.15) is 0 Å². The number of hydrogen-bond donors (Lipinski definition) is 1. The maximum Gasteiger partial charge on any atom is 0.119 e. The molecule has 130 valence electrons. The summed E-state index contributed by atoms with van der Waals surface area (Å²) < 4.78 is 5.43. The van der Waals surface area contributed by atoms with Crippen molar-refractivity contribution < 1.29 is 4.74 Å². The predicted octanol–water partition coefficient (Wildman–Crippen LogP) is 5.49. The molecule has 0 aliphatic carbocycles. The van der Waals surface area contributed by atoms with Crippen LogP contribution in [0.1, 0.15) is 63.6 Å². The average molecular weight is 326 g/mol. The smallest absolute Gasteiger partial charge is 0.119 e. The van der Waals surface area contributed by atoms with Crippen LogP contribution in [0.15, 0.2) is 23.2 Å². The van der Waals surface area contributed by atoms with Crippen LogP contribution in [0.5, 0.6) is 5.75 Å². The monoisotopic (exact) mass is 326 g/mol. The van der Waals surface area contributed by atoms with Crippen molar-refractivity contribution in [2.75, 3.05) is 13.7 Å². The second kappa shape index (κ2) is 7.42. The number of rotatable bonds is 2. The highest BCUT2D eigenvalue weighted by molar-refractivity contribution is 5.87. The lowest BCUT2D eigenvalue weighted by Gasteiger charge is -2.16. The van der Waals surface area contributed by atoms with E-state index in [1.54, 1.807) is 7.11 Å². The Kier molecular flexibility index (Phi) is 5.27. The summed E-state index contributed by atoms with van der Waals surface area (Å²) in [6.07, 6.45) is 5.97. The van der Waals surface area contributed by atoms with Crippen molar-refractivity contribution >= 4 is 16.6 Å². The van der Waals surface area contributed by atoms with E-state index in [4.69, 9.17) is 9.73 Å². The summed E-state index contributed by atoms with van der Waals surface area (Å²) in [4.78, 5) is 8.59. The molecule has 2 aromatic rings. The molecule has 0 radical (unpaired) electrons.